The summed E-state index contributed by atoms with van der Waals surface area (Å²) in [5.74, 6) is 0.0247. The summed E-state index contributed by atoms with van der Waals surface area (Å²) >= 11 is 0. The van der Waals surface area contributed by atoms with Crippen LogP contribution in [0.3, 0.4) is 0 Å². The number of nitrogen functional groups attached to an aromatic ring is 1. The molecular formula is C16H25N3O. The predicted octanol–water partition coefficient (Wildman–Crippen LogP) is 2.39. The number of Topliss-reactive ketones (excluding diaryl/α,β-unsaturated/α-hetero) is 1. The Morgan fingerprint density at radius 2 is 2.15 bits per heavy atom. The van der Waals surface area contributed by atoms with Gasteiger partial charge in [-0.2, -0.15) is 0 Å². The highest BCUT2D eigenvalue weighted by molar-refractivity contribution is 5.99. The lowest BCUT2D eigenvalue weighted by Crippen LogP contribution is -2.39. The predicted molar refractivity (Wildman–Crippen MR) is 84.4 cm³/mol. The number of likely N-dealkylation sites (N-methyl/N-ethyl adjacent to an activating group) is 1. The number of carbonyl (C=O) groups excluding carboxylic acids is 1. The minimum absolute atomic E-state index is 0.0247. The summed E-state index contributed by atoms with van der Waals surface area (Å²) in [6.45, 7) is 7.03. The van der Waals surface area contributed by atoms with Crippen LogP contribution in [0.2, 0.25) is 0 Å². The zero-order valence-corrected chi connectivity index (χ0v) is 12.7. The zero-order chi connectivity index (χ0) is 14.7. The van der Waals surface area contributed by atoms with Gasteiger partial charge in [-0.05, 0) is 51.6 Å². The first kappa shape index (κ1) is 14.9. The molecule has 0 bridgehead atoms. The highest BCUT2D eigenvalue weighted by Gasteiger charge is 2.22. The van der Waals surface area contributed by atoms with Crippen molar-refractivity contribution in [3.05, 3.63) is 23.8 Å². The molecule has 1 atom stereocenters. The molecule has 1 heterocycles. The first-order valence-electron chi connectivity index (χ1n) is 7.38. The van der Waals surface area contributed by atoms with E-state index in [0.717, 1.165) is 38.2 Å². The molecule has 2 N–H and O–H groups in total. The lowest BCUT2D eigenvalue weighted by Gasteiger charge is -2.32. The second-order valence-corrected chi connectivity index (χ2v) is 5.70. The Kier molecular flexibility index (Phi) is 4.65. The van der Waals surface area contributed by atoms with Crippen molar-refractivity contribution in [1.29, 1.82) is 0 Å². The summed E-state index contributed by atoms with van der Waals surface area (Å²) in [6.07, 6.45) is 2.26. The van der Waals surface area contributed by atoms with Crippen LogP contribution in [-0.2, 0) is 0 Å². The fourth-order valence-corrected chi connectivity index (χ4v) is 2.98. The third kappa shape index (κ3) is 3.12. The molecule has 1 aromatic carbocycles. The average molecular weight is 275 g/mol. The highest BCUT2D eigenvalue weighted by atomic mass is 16.1. The normalized spacial score (nSPS) is 20.8. The van der Waals surface area contributed by atoms with Crippen molar-refractivity contribution >= 4 is 17.2 Å². The molecule has 0 radical (unpaired) electrons. The second-order valence-electron chi connectivity index (χ2n) is 5.70. The molecule has 20 heavy (non-hydrogen) atoms. The van der Waals surface area contributed by atoms with Gasteiger partial charge in [-0.3, -0.25) is 4.79 Å². The van der Waals surface area contributed by atoms with Crippen molar-refractivity contribution < 1.29 is 4.79 Å². The summed E-state index contributed by atoms with van der Waals surface area (Å²) in [6, 6.07) is 6.34. The molecule has 2 rings (SSSR count). The van der Waals surface area contributed by atoms with Crippen LogP contribution in [0.25, 0.3) is 0 Å². The van der Waals surface area contributed by atoms with E-state index in [4.69, 9.17) is 5.73 Å². The molecule has 0 aromatic heterocycles. The largest absolute Gasteiger partial charge is 0.398 e. The molecule has 1 saturated heterocycles. The Morgan fingerprint density at radius 1 is 1.40 bits per heavy atom. The van der Waals surface area contributed by atoms with Crippen LogP contribution in [0, 0.1) is 0 Å². The molecule has 0 spiro atoms. The smallest absolute Gasteiger partial charge is 0.161 e. The van der Waals surface area contributed by atoms with Gasteiger partial charge in [0, 0.05) is 36.1 Å². The molecule has 1 fully saturated rings. The SMILES string of the molecule is CCC1CN(C)CCCN1c1ccc(C(C)=O)c(N)c1. The van der Waals surface area contributed by atoms with Crippen LogP contribution in [0.4, 0.5) is 11.4 Å². The van der Waals surface area contributed by atoms with E-state index in [1.54, 1.807) is 6.92 Å². The maximum atomic E-state index is 11.5. The Hall–Kier alpha value is -1.55. The average Bonchev–Trinajstić information content (AvgIpc) is 2.59. The molecular weight excluding hydrogens is 250 g/mol. The van der Waals surface area contributed by atoms with Gasteiger partial charge in [-0.25, -0.2) is 0 Å². The van der Waals surface area contributed by atoms with Crippen molar-refractivity contribution in [3.63, 3.8) is 0 Å². The molecule has 0 saturated carbocycles. The second kappa shape index (κ2) is 6.27. The Balaban J connectivity index is 2.28. The van der Waals surface area contributed by atoms with Gasteiger partial charge in [0.2, 0.25) is 0 Å². The van der Waals surface area contributed by atoms with Crippen LogP contribution in [0.15, 0.2) is 18.2 Å². The van der Waals surface area contributed by atoms with Crippen LogP contribution in [-0.4, -0.2) is 43.4 Å². The van der Waals surface area contributed by atoms with Gasteiger partial charge in [0.05, 0.1) is 0 Å². The van der Waals surface area contributed by atoms with E-state index in [1.165, 1.54) is 0 Å². The summed E-state index contributed by atoms with van der Waals surface area (Å²) in [5.41, 5.74) is 8.36. The monoisotopic (exact) mass is 275 g/mol. The highest BCUT2D eigenvalue weighted by Crippen LogP contribution is 2.26. The first-order valence-corrected chi connectivity index (χ1v) is 7.38. The molecule has 4 nitrogen and oxygen atoms in total. The minimum Gasteiger partial charge on any atom is -0.398 e. The molecule has 1 aliphatic rings. The topological polar surface area (TPSA) is 49.6 Å². The van der Waals surface area contributed by atoms with Gasteiger partial charge in [0.15, 0.2) is 5.78 Å². The number of anilines is 2. The number of ketones is 1. The van der Waals surface area contributed by atoms with E-state index in [1.807, 2.05) is 18.2 Å². The summed E-state index contributed by atoms with van der Waals surface area (Å²) < 4.78 is 0. The Morgan fingerprint density at radius 3 is 2.75 bits per heavy atom. The molecule has 0 aliphatic carbocycles. The number of nitrogens with two attached hydrogens (primary N) is 1. The van der Waals surface area contributed by atoms with Crippen molar-refractivity contribution in [2.45, 2.75) is 32.7 Å². The first-order chi connectivity index (χ1) is 9.52. The Labute approximate surface area is 121 Å². The Bertz CT molecular complexity index is 487. The summed E-state index contributed by atoms with van der Waals surface area (Å²) in [7, 11) is 2.18. The molecule has 1 aromatic rings. The quantitative estimate of drug-likeness (QED) is 0.680. The summed E-state index contributed by atoms with van der Waals surface area (Å²) in [4.78, 5) is 16.3. The van der Waals surface area contributed by atoms with Crippen LogP contribution >= 0.6 is 0 Å². The standard InChI is InChI=1S/C16H25N3O/c1-4-13-11-18(3)8-5-9-19(13)14-6-7-15(12(2)20)16(17)10-14/h6-7,10,13H,4-5,8-9,11,17H2,1-3H3. The number of hydrogen-bond acceptors (Lipinski definition) is 4. The van der Waals surface area contributed by atoms with Crippen molar-refractivity contribution in [2.24, 2.45) is 0 Å². The maximum Gasteiger partial charge on any atom is 0.161 e. The third-order valence-corrected chi connectivity index (χ3v) is 4.12. The maximum absolute atomic E-state index is 11.5. The van der Waals surface area contributed by atoms with Crippen LogP contribution in [0.5, 0.6) is 0 Å². The van der Waals surface area contributed by atoms with Gasteiger partial charge in [-0.15, -0.1) is 0 Å². The van der Waals surface area contributed by atoms with Crippen molar-refractivity contribution in [2.75, 3.05) is 37.3 Å². The van der Waals surface area contributed by atoms with E-state index < -0.39 is 0 Å². The van der Waals surface area contributed by atoms with Gasteiger partial charge >= 0.3 is 0 Å². The van der Waals surface area contributed by atoms with E-state index in [-0.39, 0.29) is 5.78 Å². The number of hydrogen-bond donors (Lipinski definition) is 1. The fraction of sp³-hybridized carbons (Fsp3) is 0.562. The third-order valence-electron chi connectivity index (χ3n) is 4.12. The molecule has 1 aliphatic heterocycles. The van der Waals surface area contributed by atoms with Crippen LogP contribution < -0.4 is 10.6 Å². The lowest BCUT2D eigenvalue weighted by molar-refractivity contribution is 0.101. The number of rotatable bonds is 3. The van der Waals surface area contributed by atoms with Gasteiger partial charge in [-0.1, -0.05) is 6.92 Å². The van der Waals surface area contributed by atoms with Gasteiger partial charge < -0.3 is 15.5 Å². The van der Waals surface area contributed by atoms with Crippen molar-refractivity contribution in [3.8, 4) is 0 Å². The van der Waals surface area contributed by atoms with E-state index in [9.17, 15) is 4.79 Å². The molecule has 110 valence electrons. The van der Waals surface area contributed by atoms with Gasteiger partial charge in [0.1, 0.15) is 0 Å². The molecule has 1 unspecified atom stereocenters. The van der Waals surface area contributed by atoms with Gasteiger partial charge in [0.25, 0.3) is 0 Å². The molecule has 0 amide bonds. The molecule has 4 heteroatoms. The summed E-state index contributed by atoms with van der Waals surface area (Å²) in [5, 5.41) is 0. The van der Waals surface area contributed by atoms with E-state index in [0.29, 0.717) is 17.3 Å². The van der Waals surface area contributed by atoms with Crippen molar-refractivity contribution in [1.82, 2.24) is 4.90 Å². The number of benzene rings is 1. The number of carbonyl (C=O) groups is 1. The minimum atomic E-state index is 0.0247. The zero-order valence-electron chi connectivity index (χ0n) is 12.7. The fourth-order valence-electron chi connectivity index (χ4n) is 2.98. The number of nitrogens with zero attached hydrogens (tertiary/aromatic N) is 2. The van der Waals surface area contributed by atoms with Crippen LogP contribution in [0.1, 0.15) is 37.0 Å². The lowest BCUT2D eigenvalue weighted by atomic mass is 10.1. The van der Waals surface area contributed by atoms with E-state index >= 15 is 0 Å². The van der Waals surface area contributed by atoms with E-state index in [2.05, 4.69) is 23.8 Å².